The molecule has 0 aliphatic carbocycles. The van der Waals surface area contributed by atoms with Crippen LogP contribution in [0.3, 0.4) is 0 Å². The molecule has 27 heavy (non-hydrogen) atoms. The lowest BCUT2D eigenvalue weighted by Crippen LogP contribution is -2.08. The zero-order valence-corrected chi connectivity index (χ0v) is 16.8. The predicted octanol–water partition coefficient (Wildman–Crippen LogP) is 5.32. The smallest absolute Gasteiger partial charge is 0.133 e. The van der Waals surface area contributed by atoms with Gasteiger partial charge in [0.1, 0.15) is 5.82 Å². The Hall–Kier alpha value is -2.46. The summed E-state index contributed by atoms with van der Waals surface area (Å²) in [5.41, 5.74) is 6.76. The number of hydrogen-bond acceptors (Lipinski definition) is 3. The summed E-state index contributed by atoms with van der Waals surface area (Å²) in [5, 5.41) is 9.43. The van der Waals surface area contributed by atoms with Gasteiger partial charge in [-0.05, 0) is 56.0 Å². The van der Waals surface area contributed by atoms with E-state index >= 15 is 0 Å². The van der Waals surface area contributed by atoms with E-state index < -0.39 is 0 Å². The molecule has 0 unspecified atom stereocenters. The van der Waals surface area contributed by atoms with Crippen LogP contribution < -0.4 is 10.2 Å². The zero-order chi connectivity index (χ0) is 19.0. The van der Waals surface area contributed by atoms with E-state index in [0.717, 1.165) is 46.3 Å². The van der Waals surface area contributed by atoms with Gasteiger partial charge in [-0.2, -0.15) is 5.10 Å². The number of hydrogen-bond donors (Lipinski definition) is 1. The number of nitrogens with zero attached hydrogens (tertiary/aromatic N) is 3. The number of benzene rings is 2. The van der Waals surface area contributed by atoms with Crippen LogP contribution in [0.2, 0.25) is 5.02 Å². The maximum atomic E-state index is 6.39. The van der Waals surface area contributed by atoms with Crippen molar-refractivity contribution in [3.05, 3.63) is 58.6 Å². The Balaban J connectivity index is 1.92. The molecule has 1 N–H and O–H groups in total. The summed E-state index contributed by atoms with van der Waals surface area (Å²) < 4.78 is 2.04. The Morgan fingerprint density at radius 1 is 1.11 bits per heavy atom. The molecule has 0 spiro atoms. The molecule has 1 aliphatic heterocycles. The average Bonchev–Trinajstić information content (AvgIpc) is 2.85. The molecule has 2 heterocycles. The van der Waals surface area contributed by atoms with Crippen LogP contribution in [-0.2, 0) is 6.42 Å². The molecule has 0 saturated carbocycles. The first-order chi connectivity index (χ1) is 13.1. The van der Waals surface area contributed by atoms with E-state index in [0.29, 0.717) is 0 Å². The Morgan fingerprint density at radius 2 is 1.93 bits per heavy atom. The maximum absolute atomic E-state index is 6.39. The van der Waals surface area contributed by atoms with Gasteiger partial charge in [0.2, 0.25) is 0 Å². The molecule has 1 aliphatic rings. The molecule has 0 bridgehead atoms. The van der Waals surface area contributed by atoms with E-state index in [1.807, 2.05) is 16.8 Å². The van der Waals surface area contributed by atoms with Gasteiger partial charge in [0, 0.05) is 42.5 Å². The van der Waals surface area contributed by atoms with Gasteiger partial charge < -0.3 is 10.2 Å². The van der Waals surface area contributed by atoms with Crippen LogP contribution in [0.25, 0.3) is 16.9 Å². The van der Waals surface area contributed by atoms with Crippen molar-refractivity contribution in [2.75, 3.05) is 30.9 Å². The number of rotatable bonds is 3. The Morgan fingerprint density at radius 3 is 2.74 bits per heavy atom. The Kier molecular flexibility index (Phi) is 4.83. The van der Waals surface area contributed by atoms with Crippen LogP contribution in [0.4, 0.5) is 11.5 Å². The normalized spacial score (nSPS) is 13.6. The summed E-state index contributed by atoms with van der Waals surface area (Å²) in [7, 11) is 4.13. The van der Waals surface area contributed by atoms with E-state index in [-0.39, 0.29) is 0 Å². The molecule has 0 atom stereocenters. The average molecular weight is 381 g/mol. The molecule has 3 aromatic rings. The minimum Gasteiger partial charge on any atom is -0.378 e. The first kappa shape index (κ1) is 17.9. The SMILES string of the molecule is Cc1c(Cl)cccc1-n1nc(-c2cccc(N(C)C)c2)c2c1NCCCC2. The van der Waals surface area contributed by atoms with Crippen molar-refractivity contribution in [3.63, 3.8) is 0 Å². The van der Waals surface area contributed by atoms with Crippen molar-refractivity contribution in [1.29, 1.82) is 0 Å². The summed E-state index contributed by atoms with van der Waals surface area (Å²) in [6, 6.07) is 14.6. The number of anilines is 2. The molecule has 0 amide bonds. The standard InChI is InChI=1S/C22H25ClN4/c1-15-19(23)11-7-12-20(15)27-22-18(10-4-5-13-24-22)21(25-27)16-8-6-9-17(14-16)26(2)3/h6-9,11-12,14,24H,4-5,10,13H2,1-3H3. The Labute approximate surface area is 165 Å². The van der Waals surface area contributed by atoms with Crippen LogP contribution >= 0.6 is 11.6 Å². The van der Waals surface area contributed by atoms with Crippen molar-refractivity contribution < 1.29 is 0 Å². The molecule has 4 rings (SSSR count). The molecule has 5 heteroatoms. The fourth-order valence-corrected chi connectivity index (χ4v) is 3.84. The van der Waals surface area contributed by atoms with Crippen molar-refractivity contribution >= 4 is 23.1 Å². The summed E-state index contributed by atoms with van der Waals surface area (Å²) >= 11 is 6.39. The first-order valence-corrected chi connectivity index (χ1v) is 9.83. The minimum atomic E-state index is 0.765. The highest BCUT2D eigenvalue weighted by Gasteiger charge is 2.23. The second-order valence-corrected chi connectivity index (χ2v) is 7.71. The summed E-state index contributed by atoms with van der Waals surface area (Å²) in [6.45, 7) is 3.02. The van der Waals surface area contributed by atoms with E-state index in [9.17, 15) is 0 Å². The van der Waals surface area contributed by atoms with Crippen molar-refractivity contribution in [3.8, 4) is 16.9 Å². The van der Waals surface area contributed by atoms with Crippen LogP contribution in [0.1, 0.15) is 24.0 Å². The first-order valence-electron chi connectivity index (χ1n) is 9.45. The van der Waals surface area contributed by atoms with Crippen molar-refractivity contribution in [1.82, 2.24) is 9.78 Å². The lowest BCUT2D eigenvalue weighted by atomic mass is 10.0. The molecule has 2 aromatic carbocycles. The van der Waals surface area contributed by atoms with E-state index in [2.05, 4.69) is 61.6 Å². The second-order valence-electron chi connectivity index (χ2n) is 7.30. The summed E-state index contributed by atoms with van der Waals surface area (Å²) in [4.78, 5) is 2.12. The van der Waals surface area contributed by atoms with Gasteiger partial charge in [0.25, 0.3) is 0 Å². The molecule has 0 radical (unpaired) electrons. The van der Waals surface area contributed by atoms with Gasteiger partial charge in [0.15, 0.2) is 0 Å². The number of fused-ring (bicyclic) bond motifs is 1. The highest BCUT2D eigenvalue weighted by Crippen LogP contribution is 2.36. The fourth-order valence-electron chi connectivity index (χ4n) is 3.67. The fraction of sp³-hybridized carbons (Fsp3) is 0.318. The van der Waals surface area contributed by atoms with Crippen LogP contribution in [0.5, 0.6) is 0 Å². The third-order valence-electron chi connectivity index (χ3n) is 5.23. The van der Waals surface area contributed by atoms with E-state index in [1.54, 1.807) is 0 Å². The third-order valence-corrected chi connectivity index (χ3v) is 5.64. The Bertz CT molecular complexity index is 974. The van der Waals surface area contributed by atoms with Gasteiger partial charge in [-0.15, -0.1) is 0 Å². The highest BCUT2D eigenvalue weighted by molar-refractivity contribution is 6.31. The van der Waals surface area contributed by atoms with Gasteiger partial charge >= 0.3 is 0 Å². The molecule has 0 saturated heterocycles. The van der Waals surface area contributed by atoms with E-state index in [1.165, 1.54) is 24.1 Å². The van der Waals surface area contributed by atoms with Gasteiger partial charge in [-0.1, -0.05) is 29.8 Å². The van der Waals surface area contributed by atoms with E-state index in [4.69, 9.17) is 16.7 Å². The van der Waals surface area contributed by atoms with Gasteiger partial charge in [0.05, 0.1) is 11.4 Å². The molecule has 0 fully saturated rings. The molecular formula is C22H25ClN4. The topological polar surface area (TPSA) is 33.1 Å². The zero-order valence-electron chi connectivity index (χ0n) is 16.1. The minimum absolute atomic E-state index is 0.765. The number of nitrogens with one attached hydrogen (secondary N) is 1. The quantitative estimate of drug-likeness (QED) is 0.667. The van der Waals surface area contributed by atoms with Crippen LogP contribution in [-0.4, -0.2) is 30.4 Å². The molecular weight excluding hydrogens is 356 g/mol. The maximum Gasteiger partial charge on any atom is 0.133 e. The van der Waals surface area contributed by atoms with Crippen molar-refractivity contribution in [2.24, 2.45) is 0 Å². The molecule has 140 valence electrons. The third kappa shape index (κ3) is 3.30. The second kappa shape index (κ2) is 7.28. The lowest BCUT2D eigenvalue weighted by Gasteiger charge is -2.13. The van der Waals surface area contributed by atoms with Gasteiger partial charge in [-0.3, -0.25) is 0 Å². The molecule has 1 aromatic heterocycles. The summed E-state index contributed by atoms with van der Waals surface area (Å²) in [6.07, 6.45) is 3.37. The lowest BCUT2D eigenvalue weighted by molar-refractivity contribution is 0.779. The largest absolute Gasteiger partial charge is 0.378 e. The number of aromatic nitrogens is 2. The van der Waals surface area contributed by atoms with Gasteiger partial charge in [-0.25, -0.2) is 4.68 Å². The predicted molar refractivity (Wildman–Crippen MR) is 115 cm³/mol. The number of halogens is 1. The van der Waals surface area contributed by atoms with Crippen molar-refractivity contribution in [2.45, 2.75) is 26.2 Å². The monoisotopic (exact) mass is 380 g/mol. The summed E-state index contributed by atoms with van der Waals surface area (Å²) in [5.74, 6) is 1.10. The van der Waals surface area contributed by atoms with Crippen LogP contribution in [0, 0.1) is 6.92 Å². The van der Waals surface area contributed by atoms with Crippen LogP contribution in [0.15, 0.2) is 42.5 Å². The molecule has 4 nitrogen and oxygen atoms in total. The highest BCUT2D eigenvalue weighted by atomic mass is 35.5.